The molecule has 0 unspecified atom stereocenters. The number of nitrogens with zero attached hydrogens (tertiary/aromatic N) is 2. The Labute approximate surface area is 118 Å². The van der Waals surface area contributed by atoms with E-state index < -0.39 is 0 Å². The van der Waals surface area contributed by atoms with Gasteiger partial charge < -0.3 is 0 Å². The Kier molecular flexibility index (Phi) is 8.11. The zero-order valence-electron chi connectivity index (χ0n) is 12.8. The topological polar surface area (TPSA) is 25.8 Å². The molecule has 1 aromatic rings. The summed E-state index contributed by atoms with van der Waals surface area (Å²) in [6.07, 6.45) is 15.6. The summed E-state index contributed by atoms with van der Waals surface area (Å²) in [5, 5.41) is 0. The van der Waals surface area contributed by atoms with E-state index in [4.69, 9.17) is 0 Å². The molecule has 0 amide bonds. The molecule has 0 radical (unpaired) electrons. The molecule has 0 aliphatic carbocycles. The van der Waals surface area contributed by atoms with Crippen molar-refractivity contribution in [2.24, 2.45) is 0 Å². The van der Waals surface area contributed by atoms with Crippen molar-refractivity contribution in [3.63, 3.8) is 0 Å². The zero-order valence-corrected chi connectivity index (χ0v) is 12.8. The number of allylic oxidation sites excluding steroid dienone is 2. The highest BCUT2D eigenvalue weighted by Gasteiger charge is 2.02. The number of hydrogen-bond donors (Lipinski definition) is 0. The lowest BCUT2D eigenvalue weighted by atomic mass is 10.0. The molecule has 19 heavy (non-hydrogen) atoms. The highest BCUT2D eigenvalue weighted by atomic mass is 14.9. The first kappa shape index (κ1) is 15.9. The Morgan fingerprint density at radius 1 is 1.05 bits per heavy atom. The van der Waals surface area contributed by atoms with Gasteiger partial charge in [0.2, 0.25) is 0 Å². The zero-order chi connectivity index (χ0) is 13.9. The largest absolute Gasteiger partial charge is 0.241 e. The summed E-state index contributed by atoms with van der Waals surface area (Å²) in [5.74, 6) is 0.969. The van der Waals surface area contributed by atoms with E-state index in [9.17, 15) is 0 Å². The molecule has 2 nitrogen and oxygen atoms in total. The summed E-state index contributed by atoms with van der Waals surface area (Å²) in [7, 11) is 0. The van der Waals surface area contributed by atoms with Gasteiger partial charge >= 0.3 is 0 Å². The van der Waals surface area contributed by atoms with Crippen molar-refractivity contribution in [2.75, 3.05) is 0 Å². The molecule has 0 saturated carbocycles. The molecule has 0 saturated heterocycles. The van der Waals surface area contributed by atoms with Crippen molar-refractivity contribution in [1.82, 2.24) is 9.97 Å². The maximum Gasteiger partial charge on any atom is 0.132 e. The Bertz CT molecular complexity index is 365. The van der Waals surface area contributed by atoms with Gasteiger partial charge in [0.25, 0.3) is 0 Å². The van der Waals surface area contributed by atoms with Crippen LogP contribution in [0, 0.1) is 0 Å². The van der Waals surface area contributed by atoms with Gasteiger partial charge in [0, 0.05) is 18.8 Å². The smallest absolute Gasteiger partial charge is 0.132 e. The van der Waals surface area contributed by atoms with Crippen LogP contribution in [0.5, 0.6) is 0 Å². The molecule has 0 aliphatic rings. The summed E-state index contributed by atoms with van der Waals surface area (Å²) < 4.78 is 0. The van der Waals surface area contributed by atoms with E-state index in [-0.39, 0.29) is 0 Å². The second-order valence-corrected chi connectivity index (χ2v) is 5.19. The molecule has 1 rings (SSSR count). The minimum absolute atomic E-state index is 0.921. The molecular weight excluding hydrogens is 232 g/mol. The van der Waals surface area contributed by atoms with Crippen molar-refractivity contribution in [3.8, 4) is 0 Å². The molecule has 0 atom stereocenters. The van der Waals surface area contributed by atoms with Crippen molar-refractivity contribution in [2.45, 2.75) is 72.1 Å². The molecule has 0 bridgehead atoms. The highest BCUT2D eigenvalue weighted by molar-refractivity contribution is 5.12. The number of rotatable bonds is 9. The van der Waals surface area contributed by atoms with Crippen LogP contribution in [0.2, 0.25) is 0 Å². The summed E-state index contributed by atoms with van der Waals surface area (Å²) in [5.41, 5.74) is 2.75. The molecule has 0 aromatic carbocycles. The maximum absolute atomic E-state index is 4.50. The standard InChI is InChI=1S/C17H28N2/c1-4-7-8-11-15(9-5-2)12-17-18-13-16(10-6-3)14-19-17/h11,13-14H,4-10,12H2,1-3H3/b15-11+. The van der Waals surface area contributed by atoms with Gasteiger partial charge in [-0.25, -0.2) is 9.97 Å². The van der Waals surface area contributed by atoms with Crippen molar-refractivity contribution < 1.29 is 0 Å². The minimum Gasteiger partial charge on any atom is -0.241 e. The van der Waals surface area contributed by atoms with E-state index in [0.29, 0.717) is 0 Å². The fraction of sp³-hybridized carbons (Fsp3) is 0.647. The monoisotopic (exact) mass is 260 g/mol. The molecule has 106 valence electrons. The second kappa shape index (κ2) is 9.71. The first-order valence-electron chi connectivity index (χ1n) is 7.77. The summed E-state index contributed by atoms with van der Waals surface area (Å²) in [4.78, 5) is 8.99. The van der Waals surface area contributed by atoms with Gasteiger partial charge in [0.05, 0.1) is 0 Å². The van der Waals surface area contributed by atoms with Gasteiger partial charge in [0.1, 0.15) is 5.82 Å². The van der Waals surface area contributed by atoms with Crippen LogP contribution in [0.1, 0.15) is 70.7 Å². The number of unbranched alkanes of at least 4 members (excludes halogenated alkanes) is 2. The van der Waals surface area contributed by atoms with E-state index in [2.05, 4.69) is 36.8 Å². The predicted octanol–water partition coefficient (Wildman–Crippen LogP) is 4.89. The highest BCUT2D eigenvalue weighted by Crippen LogP contribution is 2.13. The Hall–Kier alpha value is -1.18. The fourth-order valence-corrected chi connectivity index (χ4v) is 2.19. The quantitative estimate of drug-likeness (QED) is 0.467. The van der Waals surface area contributed by atoms with Gasteiger partial charge in [-0.15, -0.1) is 0 Å². The van der Waals surface area contributed by atoms with Crippen LogP contribution in [0.25, 0.3) is 0 Å². The van der Waals surface area contributed by atoms with E-state index in [1.54, 1.807) is 0 Å². The van der Waals surface area contributed by atoms with Crippen LogP contribution in [0.15, 0.2) is 24.0 Å². The Morgan fingerprint density at radius 3 is 2.37 bits per heavy atom. The van der Waals surface area contributed by atoms with Crippen LogP contribution in [-0.4, -0.2) is 9.97 Å². The van der Waals surface area contributed by atoms with Crippen LogP contribution in [-0.2, 0) is 12.8 Å². The average Bonchev–Trinajstić information content (AvgIpc) is 2.42. The molecule has 1 heterocycles. The SMILES string of the molecule is CCCC/C=C(\CCC)Cc1ncc(CCC)cn1. The minimum atomic E-state index is 0.921. The lowest BCUT2D eigenvalue weighted by molar-refractivity contribution is 0.781. The van der Waals surface area contributed by atoms with E-state index in [1.807, 2.05) is 12.4 Å². The van der Waals surface area contributed by atoms with Crippen LogP contribution in [0.4, 0.5) is 0 Å². The third-order valence-electron chi connectivity index (χ3n) is 3.24. The fourth-order valence-electron chi connectivity index (χ4n) is 2.19. The molecule has 0 fully saturated rings. The lowest BCUT2D eigenvalue weighted by Crippen LogP contribution is -1.99. The van der Waals surface area contributed by atoms with Crippen molar-refractivity contribution >= 4 is 0 Å². The molecule has 2 heteroatoms. The molecule has 0 N–H and O–H groups in total. The van der Waals surface area contributed by atoms with E-state index in [1.165, 1.54) is 43.2 Å². The van der Waals surface area contributed by atoms with Gasteiger partial charge in [-0.05, 0) is 24.8 Å². The normalized spacial score (nSPS) is 11.8. The Morgan fingerprint density at radius 2 is 1.79 bits per heavy atom. The van der Waals surface area contributed by atoms with Crippen LogP contribution in [0.3, 0.4) is 0 Å². The third-order valence-corrected chi connectivity index (χ3v) is 3.24. The van der Waals surface area contributed by atoms with E-state index in [0.717, 1.165) is 25.1 Å². The summed E-state index contributed by atoms with van der Waals surface area (Å²) in [6, 6.07) is 0. The summed E-state index contributed by atoms with van der Waals surface area (Å²) >= 11 is 0. The maximum atomic E-state index is 4.50. The van der Waals surface area contributed by atoms with Gasteiger partial charge in [0.15, 0.2) is 0 Å². The number of aromatic nitrogens is 2. The molecule has 0 aliphatic heterocycles. The second-order valence-electron chi connectivity index (χ2n) is 5.19. The average molecular weight is 260 g/mol. The van der Waals surface area contributed by atoms with Crippen molar-refractivity contribution in [3.05, 3.63) is 35.4 Å². The van der Waals surface area contributed by atoms with Crippen molar-refractivity contribution in [1.29, 1.82) is 0 Å². The van der Waals surface area contributed by atoms with E-state index >= 15 is 0 Å². The first-order chi connectivity index (χ1) is 9.30. The predicted molar refractivity (Wildman–Crippen MR) is 82.2 cm³/mol. The van der Waals surface area contributed by atoms with Crippen LogP contribution >= 0.6 is 0 Å². The Balaban J connectivity index is 2.59. The molecule has 0 spiro atoms. The van der Waals surface area contributed by atoms with Gasteiger partial charge in [-0.1, -0.05) is 58.1 Å². The third kappa shape index (κ3) is 6.51. The summed E-state index contributed by atoms with van der Waals surface area (Å²) in [6.45, 7) is 6.66. The number of hydrogen-bond acceptors (Lipinski definition) is 2. The molecular formula is C17H28N2. The lowest BCUT2D eigenvalue weighted by Gasteiger charge is -2.06. The van der Waals surface area contributed by atoms with Crippen LogP contribution < -0.4 is 0 Å². The molecule has 1 aromatic heterocycles. The van der Waals surface area contributed by atoms with Gasteiger partial charge in [-0.3, -0.25) is 0 Å². The van der Waals surface area contributed by atoms with Gasteiger partial charge in [-0.2, -0.15) is 0 Å². The number of aryl methyl sites for hydroxylation is 1. The first-order valence-corrected chi connectivity index (χ1v) is 7.77.